The van der Waals surface area contributed by atoms with E-state index in [1.54, 1.807) is 0 Å². The van der Waals surface area contributed by atoms with Crippen molar-refractivity contribution in [3.63, 3.8) is 0 Å². The van der Waals surface area contributed by atoms with Crippen LogP contribution in [-0.4, -0.2) is 41.5 Å². The predicted octanol–water partition coefficient (Wildman–Crippen LogP) is 3.40. The zero-order valence-electron chi connectivity index (χ0n) is 15.2. The number of nitrogens with one attached hydrogen (secondary N) is 2. The minimum absolute atomic E-state index is 0.364. The molecule has 1 atom stereocenters. The Morgan fingerprint density at radius 3 is 2.96 bits per heavy atom. The summed E-state index contributed by atoms with van der Waals surface area (Å²) in [4.78, 5) is 17.8. The fourth-order valence-electron chi connectivity index (χ4n) is 4.03. The lowest BCUT2D eigenvalue weighted by Crippen LogP contribution is -2.34. The van der Waals surface area contributed by atoms with Crippen molar-refractivity contribution in [2.45, 2.75) is 51.5 Å². The summed E-state index contributed by atoms with van der Waals surface area (Å²) in [7, 11) is 0. The Hall–Kier alpha value is -1.81. The van der Waals surface area contributed by atoms with Crippen LogP contribution in [0.3, 0.4) is 0 Å². The van der Waals surface area contributed by atoms with Crippen LogP contribution < -0.4 is 5.32 Å². The molecule has 25 heavy (non-hydrogen) atoms. The van der Waals surface area contributed by atoms with E-state index in [9.17, 15) is 4.79 Å². The third kappa shape index (κ3) is 3.90. The first-order valence-electron chi connectivity index (χ1n) is 9.77. The number of carbonyl (C=O) groups excluding carboxylic acids is 1. The number of aromatic nitrogens is 1. The van der Waals surface area contributed by atoms with E-state index in [-0.39, 0.29) is 0 Å². The lowest BCUT2D eigenvalue weighted by atomic mass is 10.1. The van der Waals surface area contributed by atoms with Crippen LogP contribution in [0.1, 0.15) is 43.2 Å². The van der Waals surface area contributed by atoms with Gasteiger partial charge in [0.2, 0.25) is 5.91 Å². The fraction of sp³-hybridized carbons (Fsp3) is 0.571. The van der Waals surface area contributed by atoms with E-state index in [4.69, 9.17) is 0 Å². The molecule has 4 rings (SSSR count). The highest BCUT2D eigenvalue weighted by atomic mass is 16.2. The number of fused-ring (bicyclic) bond motifs is 1. The van der Waals surface area contributed by atoms with Crippen LogP contribution in [0.15, 0.2) is 24.4 Å². The number of nitrogens with zero attached hydrogens (tertiary/aromatic N) is 1. The van der Waals surface area contributed by atoms with Crippen molar-refractivity contribution in [3.05, 3.63) is 35.5 Å². The molecule has 0 radical (unpaired) electrons. The number of benzene rings is 1. The third-order valence-electron chi connectivity index (χ3n) is 5.82. The van der Waals surface area contributed by atoms with Crippen LogP contribution in [0.25, 0.3) is 10.9 Å². The second kappa shape index (κ2) is 7.20. The summed E-state index contributed by atoms with van der Waals surface area (Å²) in [5.41, 5.74) is 3.94. The number of hydrogen-bond donors (Lipinski definition) is 2. The van der Waals surface area contributed by atoms with Gasteiger partial charge in [-0.05, 0) is 62.6 Å². The molecule has 1 amide bonds. The summed E-state index contributed by atoms with van der Waals surface area (Å²) in [6.07, 6.45) is 8.58. The third-order valence-corrected chi connectivity index (χ3v) is 5.82. The molecule has 2 aliphatic rings. The molecule has 2 fully saturated rings. The first-order chi connectivity index (χ1) is 12.2. The fourth-order valence-corrected chi connectivity index (χ4v) is 4.03. The normalized spacial score (nSPS) is 21.7. The minimum atomic E-state index is 0.364. The molecular weight excluding hydrogens is 310 g/mol. The van der Waals surface area contributed by atoms with Crippen LogP contribution >= 0.6 is 0 Å². The van der Waals surface area contributed by atoms with Gasteiger partial charge in [-0.3, -0.25) is 4.79 Å². The maximum absolute atomic E-state index is 12.3. The number of H-pyrrole nitrogens is 1. The summed E-state index contributed by atoms with van der Waals surface area (Å²) in [6, 6.07) is 6.96. The second-order valence-corrected chi connectivity index (χ2v) is 7.82. The van der Waals surface area contributed by atoms with Crippen molar-refractivity contribution in [1.29, 1.82) is 0 Å². The summed E-state index contributed by atoms with van der Waals surface area (Å²) < 4.78 is 0. The number of hydrogen-bond acceptors (Lipinski definition) is 2. The molecule has 1 aliphatic carbocycles. The smallest absolute Gasteiger partial charge is 0.222 e. The number of rotatable bonds is 6. The van der Waals surface area contributed by atoms with E-state index in [1.807, 2.05) is 0 Å². The zero-order valence-corrected chi connectivity index (χ0v) is 15.2. The van der Waals surface area contributed by atoms with E-state index >= 15 is 0 Å². The van der Waals surface area contributed by atoms with Crippen molar-refractivity contribution in [3.8, 4) is 0 Å². The van der Waals surface area contributed by atoms with Gasteiger partial charge in [-0.25, -0.2) is 0 Å². The Morgan fingerprint density at radius 1 is 1.24 bits per heavy atom. The van der Waals surface area contributed by atoms with Crippen LogP contribution in [-0.2, 0) is 11.2 Å². The Bertz CT molecular complexity index is 747. The number of amides is 1. The monoisotopic (exact) mass is 339 g/mol. The lowest BCUT2D eigenvalue weighted by Gasteiger charge is -2.20. The van der Waals surface area contributed by atoms with Crippen molar-refractivity contribution < 1.29 is 4.79 Å². The van der Waals surface area contributed by atoms with Gasteiger partial charge in [0.15, 0.2) is 0 Å². The van der Waals surface area contributed by atoms with E-state index in [0.29, 0.717) is 18.4 Å². The molecule has 4 nitrogen and oxygen atoms in total. The Morgan fingerprint density at radius 2 is 2.12 bits per heavy atom. The van der Waals surface area contributed by atoms with Gasteiger partial charge in [-0.1, -0.05) is 18.2 Å². The molecular formula is C21H29N3O. The van der Waals surface area contributed by atoms with Crippen LogP contribution in [0.5, 0.6) is 0 Å². The van der Waals surface area contributed by atoms with Gasteiger partial charge in [-0.2, -0.15) is 0 Å². The summed E-state index contributed by atoms with van der Waals surface area (Å²) in [6.45, 7) is 5.05. The molecule has 0 spiro atoms. The topological polar surface area (TPSA) is 48.1 Å². The molecule has 2 N–H and O–H groups in total. The first kappa shape index (κ1) is 16.6. The number of carbonyl (C=O) groups is 1. The Kier molecular flexibility index (Phi) is 4.80. The van der Waals surface area contributed by atoms with E-state index in [0.717, 1.165) is 44.8 Å². The standard InChI is InChI=1S/C21H29N3O/c1-15-3-2-4-19-17(13-23-21(15)19)9-11-22-18-7-8-20(25)24(12-10-18)14-16-5-6-16/h2-4,13,16,18,22-23H,5-12,14H2,1H3. The van der Waals surface area contributed by atoms with Gasteiger partial charge in [-0.15, -0.1) is 0 Å². The summed E-state index contributed by atoms with van der Waals surface area (Å²) >= 11 is 0. The number of aromatic amines is 1. The van der Waals surface area contributed by atoms with Crippen molar-refractivity contribution in [2.24, 2.45) is 5.92 Å². The molecule has 0 bridgehead atoms. The molecule has 2 aromatic rings. The Labute approximate surface area is 150 Å². The maximum atomic E-state index is 12.3. The van der Waals surface area contributed by atoms with Gasteiger partial charge in [0.05, 0.1) is 0 Å². The van der Waals surface area contributed by atoms with Gasteiger partial charge in [0, 0.05) is 42.7 Å². The molecule has 1 aromatic heterocycles. The average Bonchev–Trinajstić information content (AvgIpc) is 3.36. The first-order valence-corrected chi connectivity index (χ1v) is 9.77. The second-order valence-electron chi connectivity index (χ2n) is 7.82. The van der Waals surface area contributed by atoms with Gasteiger partial charge >= 0.3 is 0 Å². The van der Waals surface area contributed by atoms with Crippen molar-refractivity contribution in [1.82, 2.24) is 15.2 Å². The highest BCUT2D eigenvalue weighted by Crippen LogP contribution is 2.30. The quantitative estimate of drug-likeness (QED) is 0.847. The minimum Gasteiger partial charge on any atom is -0.361 e. The molecule has 2 heterocycles. The number of para-hydroxylation sites is 1. The van der Waals surface area contributed by atoms with Gasteiger partial charge in [0.25, 0.3) is 0 Å². The summed E-state index contributed by atoms with van der Waals surface area (Å²) in [5.74, 6) is 1.15. The summed E-state index contributed by atoms with van der Waals surface area (Å²) in [5, 5.41) is 5.04. The van der Waals surface area contributed by atoms with E-state index in [2.05, 4.69) is 46.5 Å². The average molecular weight is 339 g/mol. The van der Waals surface area contributed by atoms with Crippen LogP contribution in [0.4, 0.5) is 0 Å². The van der Waals surface area contributed by atoms with Gasteiger partial charge < -0.3 is 15.2 Å². The largest absolute Gasteiger partial charge is 0.361 e. The van der Waals surface area contributed by atoms with E-state index in [1.165, 1.54) is 34.9 Å². The maximum Gasteiger partial charge on any atom is 0.222 e. The highest BCUT2D eigenvalue weighted by molar-refractivity contribution is 5.85. The van der Waals surface area contributed by atoms with Crippen LogP contribution in [0.2, 0.25) is 0 Å². The molecule has 1 unspecified atom stereocenters. The molecule has 1 aromatic carbocycles. The van der Waals surface area contributed by atoms with Crippen LogP contribution in [0, 0.1) is 12.8 Å². The molecule has 1 saturated carbocycles. The molecule has 4 heteroatoms. The molecule has 1 aliphatic heterocycles. The number of aryl methyl sites for hydroxylation is 1. The Balaban J connectivity index is 1.29. The van der Waals surface area contributed by atoms with Crippen molar-refractivity contribution >= 4 is 16.8 Å². The van der Waals surface area contributed by atoms with E-state index < -0.39 is 0 Å². The van der Waals surface area contributed by atoms with Crippen molar-refractivity contribution in [2.75, 3.05) is 19.6 Å². The lowest BCUT2D eigenvalue weighted by molar-refractivity contribution is -0.130. The SMILES string of the molecule is Cc1cccc2c(CCNC3CCC(=O)N(CC4CC4)CC3)c[nH]c12. The zero-order chi connectivity index (χ0) is 17.2. The van der Waals surface area contributed by atoms with Gasteiger partial charge in [0.1, 0.15) is 0 Å². The number of likely N-dealkylation sites (tertiary alicyclic amines) is 1. The molecule has 1 saturated heterocycles. The highest BCUT2D eigenvalue weighted by Gasteiger charge is 2.28. The molecule has 134 valence electrons. The predicted molar refractivity (Wildman–Crippen MR) is 102 cm³/mol.